The summed E-state index contributed by atoms with van der Waals surface area (Å²) in [4.78, 5) is 13.6. The monoisotopic (exact) mass is 277 g/mol. The van der Waals surface area contributed by atoms with E-state index in [2.05, 4.69) is 43.0 Å². The molecule has 0 saturated carbocycles. The minimum absolute atomic E-state index is 0.0706. The lowest BCUT2D eigenvalue weighted by molar-refractivity contribution is -0.143. The second-order valence-electron chi connectivity index (χ2n) is 4.98. The van der Waals surface area contributed by atoms with Gasteiger partial charge in [-0.05, 0) is 45.2 Å². The van der Waals surface area contributed by atoms with Crippen molar-refractivity contribution in [3.63, 3.8) is 0 Å². The summed E-state index contributed by atoms with van der Waals surface area (Å²) in [7, 11) is 0. The molecule has 0 atom stereocenters. The van der Waals surface area contributed by atoms with E-state index in [1.54, 1.807) is 0 Å². The lowest BCUT2D eigenvalue weighted by atomic mass is 10.1. The van der Waals surface area contributed by atoms with Crippen LogP contribution in [-0.4, -0.2) is 25.7 Å². The van der Waals surface area contributed by atoms with Gasteiger partial charge in [0.15, 0.2) is 0 Å². The van der Waals surface area contributed by atoms with Gasteiger partial charge in [-0.25, -0.2) is 0 Å². The highest BCUT2D eigenvalue weighted by molar-refractivity contribution is 5.69. The number of anilines is 1. The van der Waals surface area contributed by atoms with Crippen LogP contribution in [0.15, 0.2) is 24.3 Å². The maximum atomic E-state index is 11.2. The summed E-state index contributed by atoms with van der Waals surface area (Å²) >= 11 is 0. The number of benzene rings is 1. The zero-order valence-corrected chi connectivity index (χ0v) is 13.0. The number of nitrogens with zero attached hydrogens (tertiary/aromatic N) is 1. The summed E-state index contributed by atoms with van der Waals surface area (Å²) in [6, 6.07) is 8.49. The first-order chi connectivity index (χ1) is 9.69. The van der Waals surface area contributed by atoms with Crippen LogP contribution in [-0.2, 0) is 9.53 Å². The van der Waals surface area contributed by atoms with Gasteiger partial charge in [0.05, 0.1) is 6.61 Å². The second-order valence-corrected chi connectivity index (χ2v) is 4.98. The summed E-state index contributed by atoms with van der Waals surface area (Å²) in [6.45, 7) is 8.73. The van der Waals surface area contributed by atoms with E-state index >= 15 is 0 Å². The van der Waals surface area contributed by atoms with Crippen molar-refractivity contribution in [3.8, 4) is 0 Å². The Morgan fingerprint density at radius 1 is 1.15 bits per heavy atom. The molecule has 0 amide bonds. The van der Waals surface area contributed by atoms with E-state index in [0.29, 0.717) is 13.0 Å². The van der Waals surface area contributed by atoms with Crippen molar-refractivity contribution >= 4 is 11.7 Å². The minimum Gasteiger partial charge on any atom is -0.466 e. The van der Waals surface area contributed by atoms with E-state index in [9.17, 15) is 4.79 Å². The van der Waals surface area contributed by atoms with Crippen molar-refractivity contribution in [2.24, 2.45) is 0 Å². The van der Waals surface area contributed by atoms with Crippen molar-refractivity contribution < 1.29 is 9.53 Å². The molecule has 0 aliphatic carbocycles. The molecule has 0 unspecified atom stereocenters. The molecule has 0 fully saturated rings. The number of hydrogen-bond acceptors (Lipinski definition) is 3. The Kier molecular flexibility index (Phi) is 7.78. The highest BCUT2D eigenvalue weighted by atomic mass is 16.5. The molecule has 0 bridgehead atoms. The fourth-order valence-electron chi connectivity index (χ4n) is 2.35. The second kappa shape index (κ2) is 9.40. The number of carbonyl (C=O) groups is 1. The molecule has 0 radical (unpaired) electrons. The third kappa shape index (κ3) is 5.64. The zero-order valence-electron chi connectivity index (χ0n) is 13.0. The van der Waals surface area contributed by atoms with Gasteiger partial charge in [0, 0.05) is 25.2 Å². The molecule has 0 heterocycles. The van der Waals surface area contributed by atoms with Crippen molar-refractivity contribution in [2.45, 2.75) is 46.5 Å². The first-order valence-electron chi connectivity index (χ1n) is 7.65. The van der Waals surface area contributed by atoms with Gasteiger partial charge >= 0.3 is 5.97 Å². The number of esters is 1. The van der Waals surface area contributed by atoms with Gasteiger partial charge in [-0.2, -0.15) is 0 Å². The SMILES string of the molecule is CCOC(=O)CCCCCN(CC)c1ccccc1C. The summed E-state index contributed by atoms with van der Waals surface area (Å²) < 4.78 is 4.93. The number of para-hydroxylation sites is 1. The van der Waals surface area contributed by atoms with Crippen LogP contribution >= 0.6 is 0 Å². The molecule has 1 rings (SSSR count). The molecular weight excluding hydrogens is 250 g/mol. The van der Waals surface area contributed by atoms with Crippen molar-refractivity contribution in [1.29, 1.82) is 0 Å². The van der Waals surface area contributed by atoms with Gasteiger partial charge in [-0.3, -0.25) is 4.79 Å². The molecule has 20 heavy (non-hydrogen) atoms. The Morgan fingerprint density at radius 3 is 2.55 bits per heavy atom. The number of rotatable bonds is 9. The molecule has 1 aromatic carbocycles. The molecule has 3 nitrogen and oxygen atoms in total. The van der Waals surface area contributed by atoms with Crippen LogP contribution in [0.3, 0.4) is 0 Å². The first-order valence-corrected chi connectivity index (χ1v) is 7.65. The molecule has 1 aromatic rings. The van der Waals surface area contributed by atoms with Crippen LogP contribution in [0.2, 0.25) is 0 Å². The minimum atomic E-state index is -0.0706. The Labute approximate surface area is 122 Å². The number of ether oxygens (including phenoxy) is 1. The van der Waals surface area contributed by atoms with Crippen LogP contribution in [0.1, 0.15) is 45.1 Å². The molecule has 0 saturated heterocycles. The van der Waals surface area contributed by atoms with E-state index in [0.717, 1.165) is 32.4 Å². The molecule has 0 aliphatic rings. The van der Waals surface area contributed by atoms with Gasteiger partial charge in [-0.15, -0.1) is 0 Å². The summed E-state index contributed by atoms with van der Waals surface area (Å²) in [5.41, 5.74) is 2.64. The molecule has 0 N–H and O–H groups in total. The number of carbonyl (C=O) groups excluding carboxylic acids is 1. The van der Waals surface area contributed by atoms with E-state index in [1.165, 1.54) is 11.3 Å². The summed E-state index contributed by atoms with van der Waals surface area (Å²) in [6.07, 6.45) is 3.65. The lowest BCUT2D eigenvalue weighted by Crippen LogP contribution is -2.24. The topological polar surface area (TPSA) is 29.5 Å². The Balaban J connectivity index is 2.29. The highest BCUT2D eigenvalue weighted by Crippen LogP contribution is 2.19. The van der Waals surface area contributed by atoms with Crippen LogP contribution in [0, 0.1) is 6.92 Å². The fourth-order valence-corrected chi connectivity index (χ4v) is 2.35. The lowest BCUT2D eigenvalue weighted by Gasteiger charge is -2.24. The smallest absolute Gasteiger partial charge is 0.305 e. The van der Waals surface area contributed by atoms with Crippen LogP contribution in [0.5, 0.6) is 0 Å². The first kappa shape index (κ1) is 16.5. The van der Waals surface area contributed by atoms with Crippen LogP contribution in [0.25, 0.3) is 0 Å². The molecule has 0 spiro atoms. The van der Waals surface area contributed by atoms with Crippen molar-refractivity contribution in [2.75, 3.05) is 24.6 Å². The number of aryl methyl sites for hydroxylation is 1. The third-order valence-electron chi connectivity index (χ3n) is 3.45. The van der Waals surface area contributed by atoms with Gasteiger partial charge in [0.1, 0.15) is 0 Å². The van der Waals surface area contributed by atoms with E-state index in [-0.39, 0.29) is 5.97 Å². The standard InChI is InChI=1S/C17H27NO2/c1-4-18(16-12-9-8-11-15(16)3)14-10-6-7-13-17(19)20-5-2/h8-9,11-12H,4-7,10,13-14H2,1-3H3. The van der Waals surface area contributed by atoms with Gasteiger partial charge in [-0.1, -0.05) is 24.6 Å². The third-order valence-corrected chi connectivity index (χ3v) is 3.45. The maximum Gasteiger partial charge on any atom is 0.305 e. The fraction of sp³-hybridized carbons (Fsp3) is 0.588. The number of hydrogen-bond donors (Lipinski definition) is 0. The van der Waals surface area contributed by atoms with Gasteiger partial charge in [0.25, 0.3) is 0 Å². The zero-order chi connectivity index (χ0) is 14.8. The normalized spacial score (nSPS) is 10.3. The van der Waals surface area contributed by atoms with Crippen molar-refractivity contribution in [1.82, 2.24) is 0 Å². The van der Waals surface area contributed by atoms with E-state index in [1.807, 2.05) is 6.92 Å². The Bertz CT molecular complexity index is 404. The molecular formula is C17H27NO2. The molecule has 112 valence electrons. The van der Waals surface area contributed by atoms with Gasteiger partial charge < -0.3 is 9.64 Å². The molecule has 3 heteroatoms. The Hall–Kier alpha value is -1.51. The van der Waals surface area contributed by atoms with E-state index in [4.69, 9.17) is 4.74 Å². The average molecular weight is 277 g/mol. The molecule has 0 aromatic heterocycles. The van der Waals surface area contributed by atoms with Crippen LogP contribution < -0.4 is 4.90 Å². The largest absolute Gasteiger partial charge is 0.466 e. The predicted octanol–water partition coefficient (Wildman–Crippen LogP) is 3.94. The molecule has 0 aliphatic heterocycles. The average Bonchev–Trinajstić information content (AvgIpc) is 2.44. The highest BCUT2D eigenvalue weighted by Gasteiger charge is 2.06. The predicted molar refractivity (Wildman–Crippen MR) is 84.2 cm³/mol. The van der Waals surface area contributed by atoms with Crippen molar-refractivity contribution in [3.05, 3.63) is 29.8 Å². The summed E-state index contributed by atoms with van der Waals surface area (Å²) in [5.74, 6) is -0.0706. The van der Waals surface area contributed by atoms with E-state index < -0.39 is 0 Å². The quantitative estimate of drug-likeness (QED) is 0.505. The summed E-state index contributed by atoms with van der Waals surface area (Å²) in [5, 5.41) is 0. The number of unbranched alkanes of at least 4 members (excludes halogenated alkanes) is 2. The van der Waals surface area contributed by atoms with Gasteiger partial charge in [0.2, 0.25) is 0 Å². The maximum absolute atomic E-state index is 11.2. The van der Waals surface area contributed by atoms with Crippen LogP contribution in [0.4, 0.5) is 5.69 Å². The Morgan fingerprint density at radius 2 is 1.90 bits per heavy atom.